The Kier molecular flexibility index (Phi) is 7.22. The van der Waals surface area contributed by atoms with Crippen molar-refractivity contribution < 1.29 is 19.8 Å². The molecule has 12 heavy (non-hydrogen) atoms. The Hall–Kier alpha value is 0.940. The second kappa shape index (κ2) is 5.62. The van der Waals surface area contributed by atoms with Gasteiger partial charge in [0.1, 0.15) is 0 Å². The molecule has 1 aliphatic rings. The van der Waals surface area contributed by atoms with E-state index in [0.29, 0.717) is 6.42 Å². The molecule has 1 saturated carbocycles. The molecule has 0 aliphatic heterocycles. The molecule has 2 N–H and O–H groups in total. The van der Waals surface area contributed by atoms with Crippen LogP contribution < -0.4 is 0 Å². The van der Waals surface area contributed by atoms with Crippen molar-refractivity contribution in [3.63, 3.8) is 0 Å². The molecule has 0 spiro atoms. The molecule has 60 valence electrons. The van der Waals surface area contributed by atoms with Crippen molar-refractivity contribution >= 4 is 71.1 Å². The van der Waals surface area contributed by atoms with Crippen molar-refractivity contribution in [2.45, 2.75) is 19.3 Å². The van der Waals surface area contributed by atoms with Crippen LogP contribution in [0.15, 0.2) is 0 Å². The summed E-state index contributed by atoms with van der Waals surface area (Å²) in [5, 5.41) is 16.9. The van der Waals surface area contributed by atoms with Gasteiger partial charge in [-0.3, -0.25) is 9.59 Å². The van der Waals surface area contributed by atoms with Gasteiger partial charge in [0.25, 0.3) is 0 Å². The van der Waals surface area contributed by atoms with Gasteiger partial charge in [0.15, 0.2) is 5.41 Å². The molecule has 0 atom stereocenters. The first-order valence-electron chi connectivity index (χ1n) is 3.06. The third-order valence-electron chi connectivity index (χ3n) is 2.03. The quantitative estimate of drug-likeness (QED) is 0.436. The van der Waals surface area contributed by atoms with Gasteiger partial charge in [0.05, 0.1) is 0 Å². The maximum atomic E-state index is 10.4. The topological polar surface area (TPSA) is 74.6 Å². The van der Waals surface area contributed by atoms with Crippen LogP contribution >= 0.6 is 0 Å². The molecule has 1 aliphatic carbocycles. The number of carbonyl (C=O) groups is 2. The number of carboxylic acids is 2. The standard InChI is InChI=1S/C6H8O4.2Na.2H/c7-4(8)6(5(9)10)2-1-3-6;;;;/h1-3H2,(H,7,8)(H,9,10);;;;. The van der Waals surface area contributed by atoms with Crippen LogP contribution in [0.2, 0.25) is 0 Å². The van der Waals surface area contributed by atoms with Crippen LogP contribution in [0.5, 0.6) is 0 Å². The number of hydrogen-bond donors (Lipinski definition) is 2. The third kappa shape index (κ3) is 2.47. The third-order valence-corrected chi connectivity index (χ3v) is 2.03. The van der Waals surface area contributed by atoms with Gasteiger partial charge >= 0.3 is 71.1 Å². The molecule has 0 aromatic heterocycles. The molecule has 1 fully saturated rings. The molecule has 0 aromatic rings. The first-order valence-corrected chi connectivity index (χ1v) is 3.06. The fourth-order valence-corrected chi connectivity index (χ4v) is 1.05. The van der Waals surface area contributed by atoms with Gasteiger partial charge in [0, 0.05) is 0 Å². The van der Waals surface area contributed by atoms with E-state index in [1.54, 1.807) is 0 Å². The molecule has 0 amide bonds. The zero-order valence-electron chi connectivity index (χ0n) is 5.33. The van der Waals surface area contributed by atoms with E-state index >= 15 is 0 Å². The number of carboxylic acid groups (broad SMARTS) is 2. The van der Waals surface area contributed by atoms with Crippen molar-refractivity contribution in [1.29, 1.82) is 0 Å². The summed E-state index contributed by atoms with van der Waals surface area (Å²) in [5.41, 5.74) is -1.44. The van der Waals surface area contributed by atoms with Crippen molar-refractivity contribution in [3.05, 3.63) is 0 Å². The average Bonchev–Trinajstić information content (AvgIpc) is 1.57. The molecule has 0 aromatic carbocycles. The monoisotopic (exact) mass is 192 g/mol. The zero-order valence-corrected chi connectivity index (χ0v) is 5.33. The SMILES string of the molecule is O=C(O)C1(C(=O)O)CCC1.[NaH].[NaH]. The molecule has 1 rings (SSSR count). The second-order valence-corrected chi connectivity index (χ2v) is 2.55. The van der Waals surface area contributed by atoms with Crippen LogP contribution in [0.3, 0.4) is 0 Å². The van der Waals surface area contributed by atoms with Gasteiger partial charge in [-0.15, -0.1) is 0 Å². The fourth-order valence-electron chi connectivity index (χ4n) is 1.05. The van der Waals surface area contributed by atoms with Crippen LogP contribution in [-0.2, 0) is 9.59 Å². The van der Waals surface area contributed by atoms with Gasteiger partial charge in [0.2, 0.25) is 0 Å². The van der Waals surface area contributed by atoms with Crippen molar-refractivity contribution in [2.24, 2.45) is 5.41 Å². The summed E-state index contributed by atoms with van der Waals surface area (Å²) in [4.78, 5) is 20.7. The van der Waals surface area contributed by atoms with Crippen molar-refractivity contribution in [2.75, 3.05) is 0 Å². The Morgan fingerprint density at radius 2 is 1.33 bits per heavy atom. The average molecular weight is 192 g/mol. The van der Waals surface area contributed by atoms with Gasteiger partial charge in [-0.1, -0.05) is 0 Å². The molecule has 0 unspecified atom stereocenters. The Morgan fingerprint density at radius 3 is 1.33 bits per heavy atom. The minimum atomic E-state index is -1.44. The molecule has 0 saturated heterocycles. The summed E-state index contributed by atoms with van der Waals surface area (Å²) < 4.78 is 0. The fraction of sp³-hybridized carbons (Fsp3) is 0.667. The van der Waals surface area contributed by atoms with E-state index in [9.17, 15) is 9.59 Å². The Balaban J connectivity index is 0. The Morgan fingerprint density at radius 1 is 1.00 bits per heavy atom. The summed E-state index contributed by atoms with van der Waals surface area (Å²) in [6.07, 6.45) is 1.26. The molecule has 4 nitrogen and oxygen atoms in total. The summed E-state index contributed by atoms with van der Waals surface area (Å²) in [7, 11) is 0. The first kappa shape index (κ1) is 15.4. The van der Waals surface area contributed by atoms with Gasteiger partial charge in [-0.25, -0.2) is 0 Å². The summed E-state index contributed by atoms with van der Waals surface area (Å²) >= 11 is 0. The molecule has 0 radical (unpaired) electrons. The minimum absolute atomic E-state index is 0. The van der Waals surface area contributed by atoms with Crippen LogP contribution in [-0.4, -0.2) is 81.3 Å². The Labute approximate surface area is 114 Å². The molecular formula is C6H10Na2O4. The van der Waals surface area contributed by atoms with Crippen LogP contribution in [0.25, 0.3) is 0 Å². The maximum absolute atomic E-state index is 10.4. The zero-order chi connectivity index (χ0) is 7.78. The van der Waals surface area contributed by atoms with E-state index < -0.39 is 17.4 Å². The normalized spacial score (nSPS) is 17.7. The predicted octanol–water partition coefficient (Wildman–Crippen LogP) is -0.971. The van der Waals surface area contributed by atoms with E-state index in [1.165, 1.54) is 0 Å². The number of aliphatic carboxylic acids is 2. The van der Waals surface area contributed by atoms with E-state index in [-0.39, 0.29) is 72.0 Å². The summed E-state index contributed by atoms with van der Waals surface area (Å²) in [5.74, 6) is -2.41. The van der Waals surface area contributed by atoms with Crippen molar-refractivity contribution in [3.8, 4) is 0 Å². The molecular weight excluding hydrogens is 182 g/mol. The van der Waals surface area contributed by atoms with Gasteiger partial charge < -0.3 is 10.2 Å². The van der Waals surface area contributed by atoms with E-state index in [2.05, 4.69) is 0 Å². The summed E-state index contributed by atoms with van der Waals surface area (Å²) in [6, 6.07) is 0. The van der Waals surface area contributed by atoms with Crippen LogP contribution in [0.1, 0.15) is 19.3 Å². The van der Waals surface area contributed by atoms with Crippen molar-refractivity contribution in [1.82, 2.24) is 0 Å². The Bertz CT molecular complexity index is 172. The predicted molar refractivity (Wildman–Crippen MR) is 45.9 cm³/mol. The van der Waals surface area contributed by atoms with Gasteiger partial charge in [-0.2, -0.15) is 0 Å². The second-order valence-electron chi connectivity index (χ2n) is 2.55. The van der Waals surface area contributed by atoms with E-state index in [1.807, 2.05) is 0 Å². The van der Waals surface area contributed by atoms with E-state index in [0.717, 1.165) is 0 Å². The molecule has 6 heteroatoms. The van der Waals surface area contributed by atoms with E-state index in [4.69, 9.17) is 10.2 Å². The number of rotatable bonds is 2. The number of hydrogen-bond acceptors (Lipinski definition) is 2. The summed E-state index contributed by atoms with van der Waals surface area (Å²) in [6.45, 7) is 0. The first-order chi connectivity index (χ1) is 4.59. The van der Waals surface area contributed by atoms with Crippen LogP contribution in [0, 0.1) is 5.41 Å². The molecule has 0 bridgehead atoms. The van der Waals surface area contributed by atoms with Gasteiger partial charge in [-0.05, 0) is 19.3 Å². The molecule has 0 heterocycles. The van der Waals surface area contributed by atoms with Crippen LogP contribution in [0.4, 0.5) is 0 Å².